The average molecular weight is 416 g/mol. The lowest BCUT2D eigenvalue weighted by Crippen LogP contribution is -2.13. The van der Waals surface area contributed by atoms with Gasteiger partial charge in [0.15, 0.2) is 10.8 Å². The molecule has 0 saturated carbocycles. The number of nitrogens with zero attached hydrogens (tertiary/aromatic N) is 5. The van der Waals surface area contributed by atoms with Crippen LogP contribution in [0.2, 0.25) is 0 Å². The topological polar surface area (TPSA) is 104 Å². The van der Waals surface area contributed by atoms with Crippen molar-refractivity contribution in [2.75, 3.05) is 19.0 Å². The summed E-state index contributed by atoms with van der Waals surface area (Å²) in [6.45, 7) is 2.32. The molecule has 3 heterocycles. The summed E-state index contributed by atoms with van der Waals surface area (Å²) in [6.07, 6.45) is 0.275. The molecule has 144 valence electrons. The molecule has 0 fully saturated rings. The molecule has 28 heavy (non-hydrogen) atoms. The third-order valence-corrected chi connectivity index (χ3v) is 5.49. The van der Waals surface area contributed by atoms with Crippen LogP contribution in [0, 0.1) is 0 Å². The first kappa shape index (κ1) is 18.4. The molecule has 0 aliphatic heterocycles. The maximum atomic E-state index is 11.7. The van der Waals surface area contributed by atoms with Gasteiger partial charge in [0, 0.05) is 11.0 Å². The summed E-state index contributed by atoms with van der Waals surface area (Å²) in [5, 5.41) is 16.4. The number of methoxy groups -OCH3 is 1. The largest absolute Gasteiger partial charge is 0.480 e. The Morgan fingerprint density at radius 3 is 3.00 bits per heavy atom. The maximum Gasteiger partial charge on any atom is 0.413 e. The van der Waals surface area contributed by atoms with Gasteiger partial charge in [0.05, 0.1) is 23.9 Å². The van der Waals surface area contributed by atoms with E-state index >= 15 is 0 Å². The van der Waals surface area contributed by atoms with Gasteiger partial charge in [-0.25, -0.2) is 9.78 Å². The second-order valence-electron chi connectivity index (χ2n) is 5.64. The normalized spacial score (nSPS) is 11.1. The van der Waals surface area contributed by atoms with E-state index in [0.717, 1.165) is 21.5 Å². The molecule has 11 heteroatoms. The minimum atomic E-state index is -0.495. The van der Waals surface area contributed by atoms with Gasteiger partial charge in [-0.1, -0.05) is 18.3 Å². The fourth-order valence-electron chi connectivity index (χ4n) is 2.37. The van der Waals surface area contributed by atoms with Crippen LogP contribution < -0.4 is 10.1 Å². The monoisotopic (exact) mass is 416 g/mol. The molecule has 3 aromatic heterocycles. The first-order valence-electron chi connectivity index (χ1n) is 8.45. The molecule has 1 amide bonds. The van der Waals surface area contributed by atoms with Crippen LogP contribution in [0.25, 0.3) is 15.9 Å². The standard InChI is InChI=1S/C17H16N6O3S2/c1-3-8-26-17(24)19-15-18-11-5-4-10(9-12(11)28-15)27-16-21-20-13-6-7-14(25-2)22-23(13)16/h4-7,9H,3,8H2,1-2H3,(H,18,19,24). The number of aromatic nitrogens is 5. The van der Waals surface area contributed by atoms with E-state index in [0.29, 0.717) is 28.4 Å². The summed E-state index contributed by atoms with van der Waals surface area (Å²) in [4.78, 5) is 17.1. The number of hydrogen-bond acceptors (Lipinski definition) is 9. The highest BCUT2D eigenvalue weighted by atomic mass is 32.2. The van der Waals surface area contributed by atoms with Crippen LogP contribution in [0.4, 0.5) is 9.93 Å². The van der Waals surface area contributed by atoms with Gasteiger partial charge in [-0.05, 0) is 42.4 Å². The fourth-order valence-corrected chi connectivity index (χ4v) is 4.16. The zero-order valence-corrected chi connectivity index (χ0v) is 16.7. The molecule has 0 atom stereocenters. The van der Waals surface area contributed by atoms with Crippen molar-refractivity contribution in [2.24, 2.45) is 0 Å². The van der Waals surface area contributed by atoms with Gasteiger partial charge in [0.1, 0.15) is 0 Å². The number of fused-ring (bicyclic) bond motifs is 2. The Morgan fingerprint density at radius 2 is 2.18 bits per heavy atom. The Labute approximate surface area is 168 Å². The highest BCUT2D eigenvalue weighted by Crippen LogP contribution is 2.33. The predicted molar refractivity (Wildman–Crippen MR) is 106 cm³/mol. The molecular formula is C17H16N6O3S2. The third-order valence-electron chi connectivity index (χ3n) is 3.63. The quantitative estimate of drug-likeness (QED) is 0.505. The van der Waals surface area contributed by atoms with E-state index in [1.807, 2.05) is 25.1 Å². The molecule has 0 saturated heterocycles. The van der Waals surface area contributed by atoms with Crippen molar-refractivity contribution >= 4 is 50.2 Å². The molecule has 4 rings (SSSR count). The average Bonchev–Trinajstić information content (AvgIpc) is 3.29. The molecule has 0 aliphatic carbocycles. The molecule has 0 radical (unpaired) electrons. The molecule has 4 aromatic rings. The zero-order valence-electron chi connectivity index (χ0n) is 15.1. The number of rotatable bonds is 6. The van der Waals surface area contributed by atoms with Crippen molar-refractivity contribution in [3.05, 3.63) is 30.3 Å². The zero-order chi connectivity index (χ0) is 19.5. The van der Waals surface area contributed by atoms with Crippen molar-refractivity contribution in [1.82, 2.24) is 24.8 Å². The summed E-state index contributed by atoms with van der Waals surface area (Å²) in [7, 11) is 1.56. The van der Waals surface area contributed by atoms with Gasteiger partial charge in [0.25, 0.3) is 0 Å². The molecule has 1 aromatic carbocycles. The van der Waals surface area contributed by atoms with E-state index in [4.69, 9.17) is 9.47 Å². The lowest BCUT2D eigenvalue weighted by molar-refractivity contribution is 0.161. The van der Waals surface area contributed by atoms with Crippen molar-refractivity contribution in [2.45, 2.75) is 23.4 Å². The molecule has 1 N–H and O–H groups in total. The van der Waals surface area contributed by atoms with Gasteiger partial charge in [-0.2, -0.15) is 4.52 Å². The lowest BCUT2D eigenvalue weighted by Gasteiger charge is -2.01. The van der Waals surface area contributed by atoms with Gasteiger partial charge >= 0.3 is 6.09 Å². The van der Waals surface area contributed by atoms with Crippen molar-refractivity contribution in [1.29, 1.82) is 0 Å². The highest BCUT2D eigenvalue weighted by molar-refractivity contribution is 7.99. The Morgan fingerprint density at radius 1 is 1.29 bits per heavy atom. The molecule has 0 aliphatic rings. The summed E-state index contributed by atoms with van der Waals surface area (Å²) < 4.78 is 12.8. The van der Waals surface area contributed by atoms with E-state index in [2.05, 4.69) is 25.6 Å². The number of benzene rings is 1. The van der Waals surface area contributed by atoms with Gasteiger partial charge in [-0.3, -0.25) is 5.32 Å². The minimum Gasteiger partial charge on any atom is -0.480 e. The predicted octanol–water partition coefficient (Wildman–Crippen LogP) is 3.85. The summed E-state index contributed by atoms with van der Waals surface area (Å²) >= 11 is 2.81. The molecule has 0 bridgehead atoms. The highest BCUT2D eigenvalue weighted by Gasteiger charge is 2.12. The van der Waals surface area contributed by atoms with Gasteiger partial charge in [0.2, 0.25) is 11.0 Å². The van der Waals surface area contributed by atoms with Crippen LogP contribution in [0.15, 0.2) is 40.4 Å². The fraction of sp³-hybridized carbons (Fsp3) is 0.235. The van der Waals surface area contributed by atoms with E-state index in [1.54, 1.807) is 23.8 Å². The first-order chi connectivity index (χ1) is 13.7. The van der Waals surface area contributed by atoms with E-state index in [9.17, 15) is 4.79 Å². The Bertz CT molecular complexity index is 1140. The number of thiazole rings is 1. The number of amides is 1. The maximum absolute atomic E-state index is 11.7. The minimum absolute atomic E-state index is 0.378. The second kappa shape index (κ2) is 7.98. The Balaban J connectivity index is 1.56. The van der Waals surface area contributed by atoms with Gasteiger partial charge in [-0.15, -0.1) is 15.3 Å². The number of nitrogens with one attached hydrogen (secondary N) is 1. The van der Waals surface area contributed by atoms with Gasteiger partial charge < -0.3 is 9.47 Å². The molecular weight excluding hydrogens is 400 g/mol. The van der Waals surface area contributed by atoms with E-state index < -0.39 is 6.09 Å². The smallest absolute Gasteiger partial charge is 0.413 e. The summed E-state index contributed by atoms with van der Waals surface area (Å²) in [5.74, 6) is 0.484. The Hall–Kier alpha value is -2.92. The molecule has 9 nitrogen and oxygen atoms in total. The molecule has 0 spiro atoms. The second-order valence-corrected chi connectivity index (χ2v) is 7.71. The lowest BCUT2D eigenvalue weighted by atomic mass is 10.3. The van der Waals surface area contributed by atoms with Crippen molar-refractivity contribution < 1.29 is 14.3 Å². The first-order valence-corrected chi connectivity index (χ1v) is 10.1. The number of ether oxygens (including phenoxy) is 2. The molecule has 0 unspecified atom stereocenters. The number of hydrogen-bond donors (Lipinski definition) is 1. The number of anilines is 1. The number of carbonyl (C=O) groups excluding carboxylic acids is 1. The van der Waals surface area contributed by atoms with Crippen LogP contribution >= 0.6 is 23.1 Å². The van der Waals surface area contributed by atoms with Crippen LogP contribution in [0.3, 0.4) is 0 Å². The van der Waals surface area contributed by atoms with Crippen LogP contribution in [-0.4, -0.2) is 44.6 Å². The Kier molecular flexibility index (Phi) is 5.26. The van der Waals surface area contributed by atoms with Crippen LogP contribution in [0.5, 0.6) is 5.88 Å². The summed E-state index contributed by atoms with van der Waals surface area (Å²) in [5.41, 5.74) is 1.44. The SMILES string of the molecule is CCCOC(=O)Nc1nc2ccc(Sc3nnc4ccc(OC)nn34)cc2s1. The van der Waals surface area contributed by atoms with Crippen molar-refractivity contribution in [3.8, 4) is 5.88 Å². The van der Waals surface area contributed by atoms with Crippen LogP contribution in [-0.2, 0) is 4.74 Å². The van der Waals surface area contributed by atoms with E-state index in [-0.39, 0.29) is 0 Å². The summed E-state index contributed by atoms with van der Waals surface area (Å²) in [6, 6.07) is 9.36. The van der Waals surface area contributed by atoms with E-state index in [1.165, 1.54) is 23.1 Å². The van der Waals surface area contributed by atoms with Crippen LogP contribution in [0.1, 0.15) is 13.3 Å². The number of carbonyl (C=O) groups is 1. The van der Waals surface area contributed by atoms with Crippen molar-refractivity contribution in [3.63, 3.8) is 0 Å². The third kappa shape index (κ3) is 3.85.